The normalized spacial score (nSPS) is 12.5. The van der Waals surface area contributed by atoms with Crippen LogP contribution in [0.1, 0.15) is 39.5 Å². The number of hydrogen-bond acceptors (Lipinski definition) is 3. The SMILES string of the molecule is CCCOC(=O)CC(CCC)SC. The first-order chi connectivity index (χ1) is 6.24. The average Bonchev–Trinajstić information content (AvgIpc) is 2.14. The number of ether oxygens (including phenoxy) is 1. The molecule has 0 aliphatic rings. The molecule has 0 bridgehead atoms. The van der Waals surface area contributed by atoms with Crippen molar-refractivity contribution in [1.82, 2.24) is 0 Å². The molecule has 0 fully saturated rings. The van der Waals surface area contributed by atoms with Gasteiger partial charge < -0.3 is 4.74 Å². The van der Waals surface area contributed by atoms with Gasteiger partial charge in [-0.05, 0) is 19.1 Å². The molecular formula is C10H20O2S. The molecule has 0 aromatic heterocycles. The lowest BCUT2D eigenvalue weighted by molar-refractivity contribution is -0.143. The highest BCUT2D eigenvalue weighted by Crippen LogP contribution is 2.17. The predicted molar refractivity (Wildman–Crippen MR) is 58.1 cm³/mol. The Morgan fingerprint density at radius 1 is 1.38 bits per heavy atom. The summed E-state index contributed by atoms with van der Waals surface area (Å²) in [5.41, 5.74) is 0. The van der Waals surface area contributed by atoms with Crippen LogP contribution < -0.4 is 0 Å². The van der Waals surface area contributed by atoms with Crippen molar-refractivity contribution in [2.24, 2.45) is 0 Å². The maximum Gasteiger partial charge on any atom is 0.306 e. The van der Waals surface area contributed by atoms with Crippen LogP contribution >= 0.6 is 11.8 Å². The van der Waals surface area contributed by atoms with E-state index in [1.165, 1.54) is 0 Å². The molecule has 0 aromatic rings. The van der Waals surface area contributed by atoms with Crippen LogP contribution in [-0.2, 0) is 9.53 Å². The van der Waals surface area contributed by atoms with Crippen molar-refractivity contribution in [2.75, 3.05) is 12.9 Å². The summed E-state index contributed by atoms with van der Waals surface area (Å²) in [4.78, 5) is 11.2. The van der Waals surface area contributed by atoms with E-state index in [-0.39, 0.29) is 5.97 Å². The Hall–Kier alpha value is -0.180. The molecule has 0 spiro atoms. The topological polar surface area (TPSA) is 26.3 Å². The summed E-state index contributed by atoms with van der Waals surface area (Å²) in [6.07, 6.45) is 5.75. The molecule has 0 radical (unpaired) electrons. The zero-order valence-electron chi connectivity index (χ0n) is 8.84. The zero-order chi connectivity index (χ0) is 10.1. The predicted octanol–water partition coefficient (Wildman–Crippen LogP) is 2.86. The number of rotatable bonds is 7. The van der Waals surface area contributed by atoms with Crippen LogP contribution in [0.3, 0.4) is 0 Å². The molecule has 78 valence electrons. The Morgan fingerprint density at radius 2 is 2.08 bits per heavy atom. The fourth-order valence-corrected chi connectivity index (χ4v) is 1.86. The van der Waals surface area contributed by atoms with E-state index in [0.717, 1.165) is 19.3 Å². The van der Waals surface area contributed by atoms with Gasteiger partial charge in [-0.15, -0.1) is 0 Å². The van der Waals surface area contributed by atoms with Gasteiger partial charge in [0.2, 0.25) is 0 Å². The summed E-state index contributed by atoms with van der Waals surface area (Å²) >= 11 is 1.76. The highest BCUT2D eigenvalue weighted by molar-refractivity contribution is 7.99. The van der Waals surface area contributed by atoms with Gasteiger partial charge >= 0.3 is 5.97 Å². The fourth-order valence-electron chi connectivity index (χ4n) is 1.09. The summed E-state index contributed by atoms with van der Waals surface area (Å²) in [6.45, 7) is 4.71. The van der Waals surface area contributed by atoms with Crippen LogP contribution in [0.5, 0.6) is 0 Å². The van der Waals surface area contributed by atoms with E-state index in [1.54, 1.807) is 11.8 Å². The number of carbonyl (C=O) groups is 1. The minimum absolute atomic E-state index is 0.0466. The smallest absolute Gasteiger partial charge is 0.306 e. The highest BCUT2D eigenvalue weighted by atomic mass is 32.2. The third-order valence-corrected chi connectivity index (χ3v) is 2.87. The Bertz CT molecular complexity index is 137. The monoisotopic (exact) mass is 204 g/mol. The van der Waals surface area contributed by atoms with Crippen LogP contribution in [0.4, 0.5) is 0 Å². The van der Waals surface area contributed by atoms with Gasteiger partial charge in [0.15, 0.2) is 0 Å². The van der Waals surface area contributed by atoms with Gasteiger partial charge in [-0.2, -0.15) is 11.8 Å². The van der Waals surface area contributed by atoms with E-state index in [0.29, 0.717) is 18.3 Å². The molecule has 0 aliphatic heterocycles. The molecule has 0 aliphatic carbocycles. The van der Waals surface area contributed by atoms with E-state index in [1.807, 2.05) is 13.2 Å². The maximum absolute atomic E-state index is 11.2. The van der Waals surface area contributed by atoms with Crippen molar-refractivity contribution in [3.63, 3.8) is 0 Å². The van der Waals surface area contributed by atoms with E-state index >= 15 is 0 Å². The fraction of sp³-hybridized carbons (Fsp3) is 0.900. The van der Waals surface area contributed by atoms with Gasteiger partial charge in [-0.1, -0.05) is 20.3 Å². The van der Waals surface area contributed by atoms with Gasteiger partial charge in [0.25, 0.3) is 0 Å². The van der Waals surface area contributed by atoms with Crippen LogP contribution in [-0.4, -0.2) is 24.1 Å². The van der Waals surface area contributed by atoms with Gasteiger partial charge in [0, 0.05) is 5.25 Å². The third-order valence-electron chi connectivity index (χ3n) is 1.81. The van der Waals surface area contributed by atoms with Gasteiger partial charge in [0.1, 0.15) is 0 Å². The van der Waals surface area contributed by atoms with Crippen LogP contribution in [0.2, 0.25) is 0 Å². The second kappa shape index (κ2) is 8.42. The Balaban J connectivity index is 3.60. The largest absolute Gasteiger partial charge is 0.466 e. The Morgan fingerprint density at radius 3 is 2.54 bits per heavy atom. The molecule has 0 saturated carbocycles. The molecular weight excluding hydrogens is 184 g/mol. The Kier molecular flexibility index (Phi) is 8.30. The summed E-state index contributed by atoms with van der Waals surface area (Å²) in [7, 11) is 0. The van der Waals surface area contributed by atoms with Crippen molar-refractivity contribution in [2.45, 2.75) is 44.8 Å². The second-order valence-electron chi connectivity index (χ2n) is 3.07. The minimum atomic E-state index is -0.0466. The van der Waals surface area contributed by atoms with Crippen LogP contribution in [0.15, 0.2) is 0 Å². The quantitative estimate of drug-likeness (QED) is 0.596. The molecule has 1 atom stereocenters. The number of thioether (sulfide) groups is 1. The number of esters is 1. The molecule has 0 rings (SSSR count). The van der Waals surface area contributed by atoms with E-state index in [2.05, 4.69) is 6.92 Å². The lowest BCUT2D eigenvalue weighted by atomic mass is 10.2. The van der Waals surface area contributed by atoms with Crippen LogP contribution in [0.25, 0.3) is 0 Å². The molecule has 2 nitrogen and oxygen atoms in total. The molecule has 3 heteroatoms. The summed E-state index contributed by atoms with van der Waals surface area (Å²) in [5, 5.41) is 0.439. The van der Waals surface area contributed by atoms with E-state index < -0.39 is 0 Å². The molecule has 0 N–H and O–H groups in total. The second-order valence-corrected chi connectivity index (χ2v) is 4.21. The lowest BCUT2D eigenvalue weighted by Gasteiger charge is -2.11. The molecule has 0 saturated heterocycles. The lowest BCUT2D eigenvalue weighted by Crippen LogP contribution is -2.13. The molecule has 0 aromatic carbocycles. The number of carbonyl (C=O) groups excluding carboxylic acids is 1. The van der Waals surface area contributed by atoms with Crippen molar-refractivity contribution >= 4 is 17.7 Å². The maximum atomic E-state index is 11.2. The Labute approximate surface area is 85.4 Å². The summed E-state index contributed by atoms with van der Waals surface area (Å²) in [6, 6.07) is 0. The average molecular weight is 204 g/mol. The van der Waals surface area contributed by atoms with Crippen molar-refractivity contribution in [1.29, 1.82) is 0 Å². The van der Waals surface area contributed by atoms with Crippen molar-refractivity contribution < 1.29 is 9.53 Å². The first-order valence-corrected chi connectivity index (χ1v) is 6.21. The first kappa shape index (κ1) is 12.8. The highest BCUT2D eigenvalue weighted by Gasteiger charge is 2.12. The number of hydrogen-bond donors (Lipinski definition) is 0. The molecule has 1 unspecified atom stereocenters. The zero-order valence-corrected chi connectivity index (χ0v) is 9.65. The van der Waals surface area contributed by atoms with Crippen LogP contribution in [0, 0.1) is 0 Å². The van der Waals surface area contributed by atoms with Gasteiger partial charge in [-0.25, -0.2) is 0 Å². The van der Waals surface area contributed by atoms with Crippen molar-refractivity contribution in [3.05, 3.63) is 0 Å². The van der Waals surface area contributed by atoms with Gasteiger partial charge in [0.05, 0.1) is 13.0 Å². The summed E-state index contributed by atoms with van der Waals surface area (Å²) < 4.78 is 5.02. The molecule has 0 heterocycles. The van der Waals surface area contributed by atoms with E-state index in [9.17, 15) is 4.79 Å². The minimum Gasteiger partial charge on any atom is -0.466 e. The molecule has 0 amide bonds. The van der Waals surface area contributed by atoms with Gasteiger partial charge in [-0.3, -0.25) is 4.79 Å². The third kappa shape index (κ3) is 6.94. The summed E-state index contributed by atoms with van der Waals surface area (Å²) in [5.74, 6) is -0.0466. The molecule has 13 heavy (non-hydrogen) atoms. The standard InChI is InChI=1S/C10H20O2S/c1-4-6-9(13-3)8-10(11)12-7-5-2/h9H,4-8H2,1-3H3. The van der Waals surface area contributed by atoms with E-state index in [4.69, 9.17) is 4.74 Å². The first-order valence-electron chi connectivity index (χ1n) is 4.93. The van der Waals surface area contributed by atoms with Crippen molar-refractivity contribution in [3.8, 4) is 0 Å².